The Kier molecular flexibility index (Phi) is 5.58. The van der Waals surface area contributed by atoms with Crippen molar-refractivity contribution in [2.24, 2.45) is 0 Å². The van der Waals surface area contributed by atoms with Crippen LogP contribution in [0.25, 0.3) is 0 Å². The highest BCUT2D eigenvalue weighted by Crippen LogP contribution is 2.27. The zero-order valence-corrected chi connectivity index (χ0v) is 12.8. The second-order valence-corrected chi connectivity index (χ2v) is 4.90. The fourth-order valence-electron chi connectivity index (χ4n) is 2.22. The van der Waals surface area contributed by atoms with Crippen LogP contribution in [0.15, 0.2) is 42.7 Å². The van der Waals surface area contributed by atoms with Crippen LogP contribution in [0.4, 0.5) is 0 Å². The number of pyridine rings is 1. The Balaban J connectivity index is 1.89. The maximum Gasteiger partial charge on any atom is 0.160 e. The SMILES string of the molecule is COc1ccc(CCN[C@@H](C)c2cccnc2)cc1OC. The molecule has 2 aromatic rings. The molecule has 0 aliphatic heterocycles. The minimum absolute atomic E-state index is 0.291. The Bertz CT molecular complexity index is 558. The molecule has 112 valence electrons. The van der Waals surface area contributed by atoms with Crippen LogP contribution in [-0.2, 0) is 6.42 Å². The lowest BCUT2D eigenvalue weighted by molar-refractivity contribution is 0.354. The normalized spacial score (nSPS) is 12.0. The Morgan fingerprint density at radius 2 is 1.95 bits per heavy atom. The summed E-state index contributed by atoms with van der Waals surface area (Å²) < 4.78 is 10.6. The average molecular weight is 286 g/mol. The van der Waals surface area contributed by atoms with Crippen LogP contribution in [0.2, 0.25) is 0 Å². The molecule has 0 amide bonds. The first-order valence-electron chi connectivity index (χ1n) is 7.09. The van der Waals surface area contributed by atoms with Gasteiger partial charge in [0.1, 0.15) is 0 Å². The summed E-state index contributed by atoms with van der Waals surface area (Å²) >= 11 is 0. The van der Waals surface area contributed by atoms with Gasteiger partial charge in [-0.2, -0.15) is 0 Å². The third-order valence-corrected chi connectivity index (χ3v) is 3.50. The molecule has 0 fully saturated rings. The van der Waals surface area contributed by atoms with Gasteiger partial charge in [0.25, 0.3) is 0 Å². The second-order valence-electron chi connectivity index (χ2n) is 4.90. The predicted molar refractivity (Wildman–Crippen MR) is 83.9 cm³/mol. The first kappa shape index (κ1) is 15.3. The molecule has 1 N–H and O–H groups in total. The fraction of sp³-hybridized carbons (Fsp3) is 0.353. The molecule has 1 aromatic carbocycles. The van der Waals surface area contributed by atoms with Crippen LogP contribution >= 0.6 is 0 Å². The molecule has 0 aliphatic rings. The highest BCUT2D eigenvalue weighted by Gasteiger charge is 2.06. The zero-order valence-electron chi connectivity index (χ0n) is 12.8. The van der Waals surface area contributed by atoms with Gasteiger partial charge in [-0.1, -0.05) is 12.1 Å². The van der Waals surface area contributed by atoms with Gasteiger partial charge in [-0.3, -0.25) is 4.98 Å². The standard InChI is InChI=1S/C17H22N2O2/c1-13(15-5-4-9-18-12-15)19-10-8-14-6-7-16(20-2)17(11-14)21-3/h4-7,9,11-13,19H,8,10H2,1-3H3/t13-/m0/s1. The number of ether oxygens (including phenoxy) is 2. The van der Waals surface area contributed by atoms with E-state index in [-0.39, 0.29) is 0 Å². The van der Waals surface area contributed by atoms with E-state index in [4.69, 9.17) is 9.47 Å². The molecule has 0 aliphatic carbocycles. The minimum Gasteiger partial charge on any atom is -0.493 e. The van der Waals surface area contributed by atoms with E-state index in [2.05, 4.69) is 29.4 Å². The maximum absolute atomic E-state index is 5.32. The molecule has 4 heteroatoms. The Morgan fingerprint density at radius 1 is 1.14 bits per heavy atom. The number of aromatic nitrogens is 1. The number of hydrogen-bond donors (Lipinski definition) is 1. The first-order valence-corrected chi connectivity index (χ1v) is 7.09. The van der Waals surface area contributed by atoms with Crippen molar-refractivity contribution >= 4 is 0 Å². The first-order chi connectivity index (χ1) is 10.2. The van der Waals surface area contributed by atoms with Crippen molar-refractivity contribution in [2.45, 2.75) is 19.4 Å². The van der Waals surface area contributed by atoms with Gasteiger partial charge < -0.3 is 14.8 Å². The maximum atomic E-state index is 5.32. The van der Waals surface area contributed by atoms with Gasteiger partial charge in [0.05, 0.1) is 14.2 Å². The molecule has 0 spiro atoms. The van der Waals surface area contributed by atoms with Gasteiger partial charge >= 0.3 is 0 Å². The van der Waals surface area contributed by atoms with Crippen molar-refractivity contribution in [1.82, 2.24) is 10.3 Å². The van der Waals surface area contributed by atoms with Crippen molar-refractivity contribution in [2.75, 3.05) is 20.8 Å². The largest absolute Gasteiger partial charge is 0.493 e. The molecule has 0 saturated heterocycles. The summed E-state index contributed by atoms with van der Waals surface area (Å²) in [5, 5.41) is 3.50. The Labute approximate surface area is 126 Å². The smallest absolute Gasteiger partial charge is 0.160 e. The molecular formula is C17H22N2O2. The van der Waals surface area contributed by atoms with Gasteiger partial charge in [-0.25, -0.2) is 0 Å². The van der Waals surface area contributed by atoms with Crippen LogP contribution in [0.3, 0.4) is 0 Å². The molecule has 0 radical (unpaired) electrons. The van der Waals surface area contributed by atoms with Crippen LogP contribution in [0, 0.1) is 0 Å². The van der Waals surface area contributed by atoms with Crippen LogP contribution in [-0.4, -0.2) is 25.7 Å². The lowest BCUT2D eigenvalue weighted by Gasteiger charge is -2.14. The van der Waals surface area contributed by atoms with Gasteiger partial charge in [0, 0.05) is 18.4 Å². The molecule has 4 nitrogen and oxygen atoms in total. The number of nitrogens with zero attached hydrogens (tertiary/aromatic N) is 1. The number of benzene rings is 1. The third kappa shape index (κ3) is 4.20. The van der Waals surface area contributed by atoms with Crippen LogP contribution < -0.4 is 14.8 Å². The predicted octanol–water partition coefficient (Wildman–Crippen LogP) is 2.99. The lowest BCUT2D eigenvalue weighted by atomic mass is 10.1. The van der Waals surface area contributed by atoms with E-state index in [1.165, 1.54) is 11.1 Å². The summed E-state index contributed by atoms with van der Waals surface area (Å²) in [6.07, 6.45) is 4.62. The van der Waals surface area contributed by atoms with E-state index in [1.807, 2.05) is 24.4 Å². The zero-order chi connectivity index (χ0) is 15.1. The Hall–Kier alpha value is -2.07. The summed E-state index contributed by atoms with van der Waals surface area (Å²) in [5.41, 5.74) is 2.42. The molecule has 2 rings (SSSR count). The highest BCUT2D eigenvalue weighted by atomic mass is 16.5. The van der Waals surface area contributed by atoms with Gasteiger partial charge in [-0.05, 0) is 49.2 Å². The van der Waals surface area contributed by atoms with E-state index in [9.17, 15) is 0 Å². The quantitative estimate of drug-likeness (QED) is 0.849. The van der Waals surface area contributed by atoms with Crippen molar-refractivity contribution in [3.05, 3.63) is 53.9 Å². The van der Waals surface area contributed by atoms with Crippen molar-refractivity contribution < 1.29 is 9.47 Å². The van der Waals surface area contributed by atoms with Crippen LogP contribution in [0.5, 0.6) is 11.5 Å². The summed E-state index contributed by atoms with van der Waals surface area (Å²) in [6, 6.07) is 10.4. The number of methoxy groups -OCH3 is 2. The number of nitrogens with one attached hydrogen (secondary N) is 1. The highest BCUT2D eigenvalue weighted by molar-refractivity contribution is 5.42. The molecule has 1 aromatic heterocycles. The molecule has 0 unspecified atom stereocenters. The van der Waals surface area contributed by atoms with Crippen molar-refractivity contribution in [3.63, 3.8) is 0 Å². The van der Waals surface area contributed by atoms with Gasteiger partial charge in [-0.15, -0.1) is 0 Å². The average Bonchev–Trinajstić information content (AvgIpc) is 2.55. The van der Waals surface area contributed by atoms with E-state index < -0.39 is 0 Å². The molecule has 1 atom stereocenters. The lowest BCUT2D eigenvalue weighted by Crippen LogP contribution is -2.21. The van der Waals surface area contributed by atoms with E-state index >= 15 is 0 Å². The Morgan fingerprint density at radius 3 is 2.62 bits per heavy atom. The molecule has 21 heavy (non-hydrogen) atoms. The van der Waals surface area contributed by atoms with Crippen molar-refractivity contribution in [1.29, 1.82) is 0 Å². The summed E-state index contributed by atoms with van der Waals surface area (Å²) in [6.45, 7) is 3.04. The summed E-state index contributed by atoms with van der Waals surface area (Å²) in [7, 11) is 3.30. The molecular weight excluding hydrogens is 264 g/mol. The van der Waals surface area contributed by atoms with E-state index in [0.717, 1.165) is 24.5 Å². The monoisotopic (exact) mass is 286 g/mol. The molecule has 0 bridgehead atoms. The van der Waals surface area contributed by atoms with E-state index in [0.29, 0.717) is 6.04 Å². The third-order valence-electron chi connectivity index (χ3n) is 3.50. The summed E-state index contributed by atoms with van der Waals surface area (Å²) in [4.78, 5) is 4.14. The summed E-state index contributed by atoms with van der Waals surface area (Å²) in [5.74, 6) is 1.54. The van der Waals surface area contributed by atoms with Gasteiger partial charge in [0.2, 0.25) is 0 Å². The second kappa shape index (κ2) is 7.64. The minimum atomic E-state index is 0.291. The number of hydrogen-bond acceptors (Lipinski definition) is 4. The van der Waals surface area contributed by atoms with Gasteiger partial charge in [0.15, 0.2) is 11.5 Å². The molecule has 0 saturated carbocycles. The van der Waals surface area contributed by atoms with Crippen molar-refractivity contribution in [3.8, 4) is 11.5 Å². The molecule has 1 heterocycles. The van der Waals surface area contributed by atoms with Crippen LogP contribution in [0.1, 0.15) is 24.1 Å². The fourth-order valence-corrected chi connectivity index (χ4v) is 2.22. The number of rotatable bonds is 7. The topological polar surface area (TPSA) is 43.4 Å². The van der Waals surface area contributed by atoms with E-state index in [1.54, 1.807) is 20.4 Å².